The molecule has 0 aromatic carbocycles. The molecule has 1 saturated heterocycles. The first-order valence-electron chi connectivity index (χ1n) is 9.09. The number of pyridine rings is 1. The Balaban J connectivity index is 1.62. The van der Waals surface area contributed by atoms with Gasteiger partial charge in [0.25, 0.3) is 0 Å². The molecule has 1 atom stereocenters. The van der Waals surface area contributed by atoms with Crippen molar-refractivity contribution in [1.82, 2.24) is 15.2 Å². The molecule has 0 aliphatic carbocycles. The van der Waals surface area contributed by atoms with Crippen LogP contribution in [0.15, 0.2) is 41.4 Å². The minimum absolute atomic E-state index is 0.0943. The Kier molecular flexibility index (Phi) is 6.04. The van der Waals surface area contributed by atoms with Crippen LogP contribution in [0.25, 0.3) is 0 Å². The molecule has 2 amide bonds. The van der Waals surface area contributed by atoms with Crippen molar-refractivity contribution < 1.29 is 9.59 Å². The number of nitrogens with one attached hydrogen (secondary N) is 1. The van der Waals surface area contributed by atoms with E-state index >= 15 is 0 Å². The van der Waals surface area contributed by atoms with Crippen LogP contribution in [0.2, 0.25) is 0 Å². The average Bonchev–Trinajstić information content (AvgIpc) is 3.29. The van der Waals surface area contributed by atoms with Crippen molar-refractivity contribution in [1.29, 1.82) is 0 Å². The number of hydrogen-bond acceptors (Lipinski definition) is 4. The molecule has 138 valence electrons. The SMILES string of the molecule is CCN(Cc1ccncc1)C(=O)CCC1(Cc2ccsc2)CCC(=O)N1. The van der Waals surface area contributed by atoms with E-state index in [1.165, 1.54) is 5.56 Å². The Hall–Kier alpha value is -2.21. The summed E-state index contributed by atoms with van der Waals surface area (Å²) in [6.07, 6.45) is 6.77. The summed E-state index contributed by atoms with van der Waals surface area (Å²) in [5, 5.41) is 7.33. The van der Waals surface area contributed by atoms with Gasteiger partial charge in [0, 0.05) is 43.9 Å². The van der Waals surface area contributed by atoms with Crippen molar-refractivity contribution >= 4 is 23.2 Å². The highest BCUT2D eigenvalue weighted by Gasteiger charge is 2.38. The van der Waals surface area contributed by atoms with Gasteiger partial charge in [-0.1, -0.05) is 0 Å². The highest BCUT2D eigenvalue weighted by atomic mass is 32.1. The number of rotatable bonds is 8. The van der Waals surface area contributed by atoms with Crippen molar-refractivity contribution in [3.8, 4) is 0 Å². The van der Waals surface area contributed by atoms with Crippen LogP contribution in [0.1, 0.15) is 43.7 Å². The lowest BCUT2D eigenvalue weighted by Crippen LogP contribution is -2.44. The summed E-state index contributed by atoms with van der Waals surface area (Å²) >= 11 is 1.66. The molecule has 1 N–H and O–H groups in total. The average molecular weight is 372 g/mol. The highest BCUT2D eigenvalue weighted by molar-refractivity contribution is 7.07. The predicted octanol–water partition coefficient (Wildman–Crippen LogP) is 3.16. The lowest BCUT2D eigenvalue weighted by Gasteiger charge is -2.30. The number of nitrogens with zero attached hydrogens (tertiary/aromatic N) is 2. The van der Waals surface area contributed by atoms with Gasteiger partial charge in [0.15, 0.2) is 0 Å². The molecule has 2 aromatic heterocycles. The van der Waals surface area contributed by atoms with E-state index in [1.807, 2.05) is 24.0 Å². The third-order valence-electron chi connectivity index (χ3n) is 5.03. The summed E-state index contributed by atoms with van der Waals surface area (Å²) in [6.45, 7) is 3.27. The third-order valence-corrected chi connectivity index (χ3v) is 5.76. The number of amides is 2. The monoisotopic (exact) mass is 371 g/mol. The van der Waals surface area contributed by atoms with E-state index < -0.39 is 0 Å². The van der Waals surface area contributed by atoms with Gasteiger partial charge < -0.3 is 10.2 Å². The van der Waals surface area contributed by atoms with Crippen LogP contribution in [0.4, 0.5) is 0 Å². The summed E-state index contributed by atoms with van der Waals surface area (Å²) in [6, 6.07) is 5.97. The highest BCUT2D eigenvalue weighted by Crippen LogP contribution is 2.30. The molecule has 1 unspecified atom stereocenters. The number of thiophene rings is 1. The van der Waals surface area contributed by atoms with Crippen molar-refractivity contribution in [2.45, 2.75) is 51.1 Å². The van der Waals surface area contributed by atoms with E-state index in [0.29, 0.717) is 32.4 Å². The van der Waals surface area contributed by atoms with Crippen LogP contribution < -0.4 is 5.32 Å². The van der Waals surface area contributed by atoms with Gasteiger partial charge in [0.1, 0.15) is 0 Å². The fourth-order valence-electron chi connectivity index (χ4n) is 3.56. The van der Waals surface area contributed by atoms with E-state index in [2.05, 4.69) is 27.1 Å². The fraction of sp³-hybridized carbons (Fsp3) is 0.450. The molecule has 0 saturated carbocycles. The maximum atomic E-state index is 12.8. The van der Waals surface area contributed by atoms with E-state index in [0.717, 1.165) is 18.4 Å². The second-order valence-corrected chi connectivity index (χ2v) is 7.68. The molecular weight excluding hydrogens is 346 g/mol. The van der Waals surface area contributed by atoms with E-state index in [9.17, 15) is 9.59 Å². The van der Waals surface area contributed by atoms with Crippen LogP contribution in [-0.4, -0.2) is 33.8 Å². The van der Waals surface area contributed by atoms with Gasteiger partial charge in [0.05, 0.1) is 0 Å². The van der Waals surface area contributed by atoms with Crippen LogP contribution in [-0.2, 0) is 22.6 Å². The number of carbonyl (C=O) groups is 2. The lowest BCUT2D eigenvalue weighted by atomic mass is 9.85. The first-order chi connectivity index (χ1) is 12.6. The smallest absolute Gasteiger partial charge is 0.222 e. The van der Waals surface area contributed by atoms with Gasteiger partial charge >= 0.3 is 0 Å². The summed E-state index contributed by atoms with van der Waals surface area (Å²) in [7, 11) is 0. The largest absolute Gasteiger partial charge is 0.350 e. The van der Waals surface area contributed by atoms with Gasteiger partial charge in [-0.15, -0.1) is 0 Å². The Morgan fingerprint density at radius 2 is 2.12 bits per heavy atom. The maximum Gasteiger partial charge on any atom is 0.222 e. The maximum absolute atomic E-state index is 12.8. The molecule has 2 aromatic rings. The Morgan fingerprint density at radius 1 is 1.31 bits per heavy atom. The van der Waals surface area contributed by atoms with Gasteiger partial charge in [-0.2, -0.15) is 11.3 Å². The summed E-state index contributed by atoms with van der Waals surface area (Å²) in [5.41, 5.74) is 2.02. The lowest BCUT2D eigenvalue weighted by molar-refractivity contribution is -0.132. The van der Waals surface area contributed by atoms with Crippen molar-refractivity contribution in [2.75, 3.05) is 6.54 Å². The standard InChI is InChI=1S/C20H25N3O2S/c1-2-23(14-16-5-10-21-11-6-16)19(25)4-9-20(8-3-18(24)22-20)13-17-7-12-26-15-17/h5-7,10-12,15H,2-4,8-9,13-14H2,1H3,(H,22,24). The zero-order chi connectivity index (χ0) is 18.4. The first kappa shape index (κ1) is 18.6. The van der Waals surface area contributed by atoms with Crippen LogP contribution in [0.3, 0.4) is 0 Å². The van der Waals surface area contributed by atoms with Gasteiger partial charge in [-0.25, -0.2) is 0 Å². The van der Waals surface area contributed by atoms with Crippen molar-refractivity contribution in [3.63, 3.8) is 0 Å². The van der Waals surface area contributed by atoms with Crippen molar-refractivity contribution in [2.24, 2.45) is 0 Å². The van der Waals surface area contributed by atoms with Crippen LogP contribution in [0, 0.1) is 0 Å². The van der Waals surface area contributed by atoms with E-state index in [-0.39, 0.29) is 17.4 Å². The molecule has 1 aliphatic heterocycles. The zero-order valence-corrected chi connectivity index (χ0v) is 15.9. The molecular formula is C20H25N3O2S. The second kappa shape index (κ2) is 8.45. The fourth-order valence-corrected chi connectivity index (χ4v) is 4.22. The quantitative estimate of drug-likeness (QED) is 0.775. The predicted molar refractivity (Wildman–Crippen MR) is 103 cm³/mol. The van der Waals surface area contributed by atoms with E-state index in [1.54, 1.807) is 23.7 Å². The normalized spacial score (nSPS) is 19.3. The molecule has 1 aliphatic rings. The molecule has 0 spiro atoms. The number of hydrogen-bond donors (Lipinski definition) is 1. The molecule has 3 rings (SSSR count). The summed E-state index contributed by atoms with van der Waals surface area (Å²) < 4.78 is 0. The molecule has 1 fully saturated rings. The minimum Gasteiger partial charge on any atom is -0.350 e. The summed E-state index contributed by atoms with van der Waals surface area (Å²) in [5.74, 6) is 0.229. The Morgan fingerprint density at radius 3 is 2.73 bits per heavy atom. The van der Waals surface area contributed by atoms with Gasteiger partial charge in [0.2, 0.25) is 11.8 Å². The molecule has 0 bridgehead atoms. The Labute approximate surface area is 158 Å². The van der Waals surface area contributed by atoms with Crippen LogP contribution >= 0.6 is 11.3 Å². The molecule has 0 radical (unpaired) electrons. The molecule has 3 heterocycles. The third kappa shape index (κ3) is 4.69. The summed E-state index contributed by atoms with van der Waals surface area (Å²) in [4.78, 5) is 30.5. The Bertz CT molecular complexity index is 733. The minimum atomic E-state index is -0.288. The molecule has 5 nitrogen and oxygen atoms in total. The molecule has 6 heteroatoms. The molecule has 26 heavy (non-hydrogen) atoms. The zero-order valence-electron chi connectivity index (χ0n) is 15.1. The van der Waals surface area contributed by atoms with E-state index in [4.69, 9.17) is 0 Å². The second-order valence-electron chi connectivity index (χ2n) is 6.90. The van der Waals surface area contributed by atoms with Crippen molar-refractivity contribution in [3.05, 3.63) is 52.5 Å². The van der Waals surface area contributed by atoms with Gasteiger partial charge in [-0.3, -0.25) is 14.6 Å². The first-order valence-corrected chi connectivity index (χ1v) is 10.0. The topological polar surface area (TPSA) is 62.3 Å². The van der Waals surface area contributed by atoms with Crippen LogP contribution in [0.5, 0.6) is 0 Å². The number of carbonyl (C=O) groups excluding carboxylic acids is 2. The van der Waals surface area contributed by atoms with Gasteiger partial charge in [-0.05, 0) is 66.3 Å². The number of aromatic nitrogens is 1.